The van der Waals surface area contributed by atoms with Crippen LogP contribution in [0, 0.1) is 11.3 Å². The monoisotopic (exact) mass is 242 g/mol. The van der Waals surface area contributed by atoms with Crippen molar-refractivity contribution in [2.75, 3.05) is 13.2 Å². The number of allylic oxidation sites excluding steroid dienone is 1. The van der Waals surface area contributed by atoms with Crippen LogP contribution in [0.4, 0.5) is 0 Å². The number of pyridine rings is 1. The second-order valence-corrected chi connectivity index (χ2v) is 4.59. The Bertz CT molecular complexity index is 508. The molecule has 0 unspecified atom stereocenters. The Morgan fingerprint density at radius 2 is 2.11 bits per heavy atom. The van der Waals surface area contributed by atoms with Gasteiger partial charge in [-0.1, -0.05) is 12.1 Å². The SMILES string of the molecule is N#Cc1ccc(C2=CCC3(CC2)OCCO3)cn1. The van der Waals surface area contributed by atoms with Crippen molar-refractivity contribution >= 4 is 5.57 Å². The first-order valence-corrected chi connectivity index (χ1v) is 6.15. The van der Waals surface area contributed by atoms with Gasteiger partial charge in [0.05, 0.1) is 13.2 Å². The van der Waals surface area contributed by atoms with E-state index in [0.29, 0.717) is 18.9 Å². The smallest absolute Gasteiger partial charge is 0.172 e. The maximum absolute atomic E-state index is 8.72. The second-order valence-electron chi connectivity index (χ2n) is 4.59. The van der Waals surface area contributed by atoms with E-state index in [1.807, 2.05) is 12.1 Å². The van der Waals surface area contributed by atoms with Crippen LogP contribution in [0.1, 0.15) is 30.5 Å². The minimum atomic E-state index is -0.372. The molecule has 0 saturated carbocycles. The summed E-state index contributed by atoms with van der Waals surface area (Å²) in [5.41, 5.74) is 2.80. The molecule has 0 radical (unpaired) electrons. The van der Waals surface area contributed by atoms with E-state index in [2.05, 4.69) is 11.1 Å². The molecule has 4 heteroatoms. The summed E-state index contributed by atoms with van der Waals surface area (Å²) in [6, 6.07) is 5.73. The molecule has 0 N–H and O–H groups in total. The van der Waals surface area contributed by atoms with Crippen LogP contribution in [-0.2, 0) is 9.47 Å². The molecule has 0 bridgehead atoms. The van der Waals surface area contributed by atoms with Gasteiger partial charge in [0.15, 0.2) is 5.79 Å². The van der Waals surface area contributed by atoms with E-state index in [9.17, 15) is 0 Å². The van der Waals surface area contributed by atoms with Crippen molar-refractivity contribution in [1.82, 2.24) is 4.98 Å². The van der Waals surface area contributed by atoms with Gasteiger partial charge in [-0.2, -0.15) is 5.26 Å². The summed E-state index contributed by atoms with van der Waals surface area (Å²) in [6.07, 6.45) is 6.53. The number of ether oxygens (including phenoxy) is 2. The lowest BCUT2D eigenvalue weighted by Gasteiger charge is -2.30. The number of hydrogen-bond donors (Lipinski definition) is 0. The van der Waals surface area contributed by atoms with Crippen LogP contribution in [0.15, 0.2) is 24.4 Å². The molecule has 1 fully saturated rings. The summed E-state index contributed by atoms with van der Waals surface area (Å²) in [4.78, 5) is 4.10. The number of aromatic nitrogens is 1. The largest absolute Gasteiger partial charge is 0.347 e. The van der Waals surface area contributed by atoms with E-state index in [4.69, 9.17) is 14.7 Å². The first-order valence-electron chi connectivity index (χ1n) is 6.15. The molecule has 2 heterocycles. The van der Waals surface area contributed by atoms with Crippen LogP contribution < -0.4 is 0 Å². The molecule has 2 aliphatic rings. The second kappa shape index (κ2) is 4.52. The third kappa shape index (κ3) is 2.03. The average molecular weight is 242 g/mol. The minimum absolute atomic E-state index is 0.372. The highest BCUT2D eigenvalue weighted by Gasteiger charge is 2.37. The van der Waals surface area contributed by atoms with E-state index in [0.717, 1.165) is 24.8 Å². The summed E-state index contributed by atoms with van der Waals surface area (Å²) in [6.45, 7) is 1.39. The average Bonchev–Trinajstić information content (AvgIpc) is 2.88. The van der Waals surface area contributed by atoms with Crippen molar-refractivity contribution in [1.29, 1.82) is 5.26 Å². The molecule has 1 spiro atoms. The molecule has 1 aliphatic heterocycles. The lowest BCUT2D eigenvalue weighted by atomic mass is 9.90. The van der Waals surface area contributed by atoms with Gasteiger partial charge in [0.1, 0.15) is 11.8 Å². The first-order chi connectivity index (χ1) is 8.81. The van der Waals surface area contributed by atoms with Crippen LogP contribution in [0.2, 0.25) is 0 Å². The molecule has 1 saturated heterocycles. The quantitative estimate of drug-likeness (QED) is 0.758. The first kappa shape index (κ1) is 11.4. The molecule has 0 aromatic carbocycles. The van der Waals surface area contributed by atoms with Gasteiger partial charge >= 0.3 is 0 Å². The Morgan fingerprint density at radius 3 is 2.67 bits per heavy atom. The van der Waals surface area contributed by atoms with Gasteiger partial charge in [0.25, 0.3) is 0 Å². The van der Waals surface area contributed by atoms with Crippen molar-refractivity contribution in [3.8, 4) is 6.07 Å². The number of nitriles is 1. The predicted octanol–water partition coefficient (Wildman–Crippen LogP) is 2.26. The highest BCUT2D eigenvalue weighted by Crippen LogP contribution is 2.37. The number of rotatable bonds is 1. The maximum atomic E-state index is 8.72. The summed E-state index contributed by atoms with van der Waals surface area (Å²) < 4.78 is 11.4. The highest BCUT2D eigenvalue weighted by atomic mass is 16.7. The Morgan fingerprint density at radius 1 is 1.28 bits per heavy atom. The van der Waals surface area contributed by atoms with E-state index in [1.165, 1.54) is 5.57 Å². The maximum Gasteiger partial charge on any atom is 0.172 e. The molecule has 92 valence electrons. The van der Waals surface area contributed by atoms with Crippen molar-refractivity contribution < 1.29 is 9.47 Å². The summed E-state index contributed by atoms with van der Waals surface area (Å²) in [7, 11) is 0. The molecule has 4 nitrogen and oxygen atoms in total. The molecule has 1 aromatic rings. The van der Waals surface area contributed by atoms with Gasteiger partial charge in [-0.3, -0.25) is 0 Å². The number of hydrogen-bond acceptors (Lipinski definition) is 4. The Labute approximate surface area is 106 Å². The molecular formula is C14H14N2O2. The lowest BCUT2D eigenvalue weighted by Crippen LogP contribution is -2.31. The van der Waals surface area contributed by atoms with E-state index in [-0.39, 0.29) is 5.79 Å². The van der Waals surface area contributed by atoms with E-state index in [1.54, 1.807) is 12.3 Å². The zero-order valence-electron chi connectivity index (χ0n) is 10.1. The van der Waals surface area contributed by atoms with Crippen molar-refractivity contribution in [3.05, 3.63) is 35.7 Å². The molecule has 0 atom stereocenters. The lowest BCUT2D eigenvalue weighted by molar-refractivity contribution is -0.159. The van der Waals surface area contributed by atoms with E-state index >= 15 is 0 Å². The summed E-state index contributed by atoms with van der Waals surface area (Å²) in [5, 5.41) is 8.72. The fraction of sp³-hybridized carbons (Fsp3) is 0.429. The van der Waals surface area contributed by atoms with Crippen molar-refractivity contribution in [2.45, 2.75) is 25.0 Å². The van der Waals surface area contributed by atoms with Crippen LogP contribution in [0.5, 0.6) is 0 Å². The van der Waals surface area contributed by atoms with Crippen molar-refractivity contribution in [2.24, 2.45) is 0 Å². The highest BCUT2D eigenvalue weighted by molar-refractivity contribution is 5.66. The zero-order valence-corrected chi connectivity index (χ0v) is 10.1. The van der Waals surface area contributed by atoms with Crippen molar-refractivity contribution in [3.63, 3.8) is 0 Å². The van der Waals surface area contributed by atoms with Gasteiger partial charge < -0.3 is 9.47 Å². The van der Waals surface area contributed by atoms with Gasteiger partial charge in [-0.15, -0.1) is 0 Å². The molecule has 18 heavy (non-hydrogen) atoms. The molecule has 3 rings (SSSR count). The molecule has 1 aromatic heterocycles. The van der Waals surface area contributed by atoms with Gasteiger partial charge in [-0.05, 0) is 23.6 Å². The summed E-state index contributed by atoms with van der Waals surface area (Å²) >= 11 is 0. The molecule has 1 aliphatic carbocycles. The Balaban J connectivity index is 1.77. The van der Waals surface area contributed by atoms with Crippen LogP contribution in [-0.4, -0.2) is 24.0 Å². The Hall–Kier alpha value is -1.70. The topological polar surface area (TPSA) is 55.1 Å². The van der Waals surface area contributed by atoms with Crippen LogP contribution in [0.25, 0.3) is 5.57 Å². The van der Waals surface area contributed by atoms with Gasteiger partial charge in [0, 0.05) is 19.0 Å². The number of nitrogens with zero attached hydrogens (tertiary/aromatic N) is 2. The van der Waals surface area contributed by atoms with Crippen LogP contribution >= 0.6 is 0 Å². The fourth-order valence-electron chi connectivity index (χ4n) is 2.48. The normalized spacial score (nSPS) is 21.6. The predicted molar refractivity (Wildman–Crippen MR) is 65.4 cm³/mol. The third-order valence-electron chi connectivity index (χ3n) is 3.50. The standard InChI is InChI=1S/C14H14N2O2/c15-9-13-2-1-12(10-16-13)11-3-5-14(6-4-11)17-7-8-18-14/h1-3,10H,4-8H2. The minimum Gasteiger partial charge on any atom is -0.347 e. The fourth-order valence-corrected chi connectivity index (χ4v) is 2.48. The Kier molecular flexibility index (Phi) is 2.86. The molecular weight excluding hydrogens is 228 g/mol. The summed E-state index contributed by atoms with van der Waals surface area (Å²) in [5.74, 6) is -0.372. The van der Waals surface area contributed by atoms with Gasteiger partial charge in [0.2, 0.25) is 0 Å². The van der Waals surface area contributed by atoms with E-state index < -0.39 is 0 Å². The molecule has 0 amide bonds. The zero-order chi connectivity index (χ0) is 12.4. The van der Waals surface area contributed by atoms with Crippen LogP contribution in [0.3, 0.4) is 0 Å². The third-order valence-corrected chi connectivity index (χ3v) is 3.50. The van der Waals surface area contributed by atoms with Gasteiger partial charge in [-0.25, -0.2) is 4.98 Å².